The van der Waals surface area contributed by atoms with Gasteiger partial charge in [-0.05, 0) is 42.0 Å². The Morgan fingerprint density at radius 2 is 1.86 bits per heavy atom. The molecule has 0 atom stereocenters. The van der Waals surface area contributed by atoms with Crippen LogP contribution in [-0.4, -0.2) is 32.3 Å². The molecule has 0 spiro atoms. The van der Waals surface area contributed by atoms with E-state index in [1.54, 1.807) is 6.07 Å². The van der Waals surface area contributed by atoms with Crippen molar-refractivity contribution in [3.05, 3.63) is 58.9 Å². The number of furan rings is 1. The molecule has 0 unspecified atom stereocenters. The van der Waals surface area contributed by atoms with Crippen LogP contribution in [0, 0.1) is 0 Å². The van der Waals surface area contributed by atoms with Crippen LogP contribution in [0.4, 0.5) is 0 Å². The molecule has 4 rings (SSSR count). The summed E-state index contributed by atoms with van der Waals surface area (Å²) in [6.07, 6.45) is 1.35. The maximum absolute atomic E-state index is 12.4. The van der Waals surface area contributed by atoms with Crippen molar-refractivity contribution in [2.75, 3.05) is 20.3 Å². The number of esters is 2. The van der Waals surface area contributed by atoms with Crippen LogP contribution in [0.5, 0.6) is 11.5 Å². The summed E-state index contributed by atoms with van der Waals surface area (Å²) in [6.45, 7) is 0.890. The average Bonchev–Trinajstić information content (AvgIpc) is 3.41. The zero-order valence-corrected chi connectivity index (χ0v) is 15.7. The minimum Gasteiger partial charge on any atom is -0.486 e. The molecule has 0 bridgehead atoms. The third-order valence-electron chi connectivity index (χ3n) is 4.12. The van der Waals surface area contributed by atoms with Crippen molar-refractivity contribution >= 4 is 23.3 Å². The molecule has 3 aromatic rings. The normalized spacial score (nSPS) is 12.5. The van der Waals surface area contributed by atoms with Crippen LogP contribution in [-0.2, 0) is 16.1 Å². The number of hydrogen-bond acceptors (Lipinski definition) is 8. The molecule has 1 aliphatic heterocycles. The molecule has 0 N–H and O–H groups in total. The highest BCUT2D eigenvalue weighted by atomic mass is 32.1. The summed E-state index contributed by atoms with van der Waals surface area (Å²) in [6, 6.07) is 10.7. The molecule has 8 heteroatoms. The lowest BCUT2D eigenvalue weighted by atomic mass is 10.1. The number of hydrogen-bond donors (Lipinski definition) is 0. The van der Waals surface area contributed by atoms with E-state index >= 15 is 0 Å². The van der Waals surface area contributed by atoms with E-state index in [0.717, 1.165) is 10.4 Å². The molecule has 0 aliphatic carbocycles. The van der Waals surface area contributed by atoms with Crippen molar-refractivity contribution in [3.63, 3.8) is 0 Å². The number of fused-ring (bicyclic) bond motifs is 1. The van der Waals surface area contributed by atoms with Gasteiger partial charge < -0.3 is 23.4 Å². The number of thiophene rings is 1. The molecule has 0 amide bonds. The number of rotatable bonds is 5. The Morgan fingerprint density at radius 3 is 2.68 bits per heavy atom. The fourth-order valence-electron chi connectivity index (χ4n) is 2.75. The lowest BCUT2D eigenvalue weighted by molar-refractivity contribution is 0.0437. The SMILES string of the molecule is COC(=O)c1ccoc1COC(=O)c1ccc(-c2ccc3c(c2)OCCO3)s1. The van der Waals surface area contributed by atoms with E-state index < -0.39 is 11.9 Å². The van der Waals surface area contributed by atoms with Crippen LogP contribution in [0.25, 0.3) is 10.4 Å². The zero-order chi connectivity index (χ0) is 19.5. The summed E-state index contributed by atoms with van der Waals surface area (Å²) in [5.41, 5.74) is 1.16. The van der Waals surface area contributed by atoms with E-state index in [2.05, 4.69) is 4.74 Å². The highest BCUT2D eigenvalue weighted by Gasteiger charge is 2.19. The molecule has 28 heavy (non-hydrogen) atoms. The summed E-state index contributed by atoms with van der Waals surface area (Å²) < 4.78 is 26.3. The molecular weight excluding hydrogens is 384 g/mol. The molecule has 7 nitrogen and oxygen atoms in total. The molecule has 0 saturated heterocycles. The molecule has 0 fully saturated rings. The summed E-state index contributed by atoms with van der Waals surface area (Å²) in [4.78, 5) is 25.3. The lowest BCUT2D eigenvalue weighted by Gasteiger charge is -2.18. The largest absolute Gasteiger partial charge is 0.486 e. The molecule has 2 aromatic heterocycles. The van der Waals surface area contributed by atoms with E-state index in [9.17, 15) is 9.59 Å². The summed E-state index contributed by atoms with van der Waals surface area (Å²) in [5, 5.41) is 0. The molecular formula is C20H16O7S. The Labute approximate surface area is 164 Å². The van der Waals surface area contributed by atoms with Crippen LogP contribution in [0.1, 0.15) is 25.8 Å². The van der Waals surface area contributed by atoms with Crippen LogP contribution >= 0.6 is 11.3 Å². The molecule has 0 radical (unpaired) electrons. The lowest BCUT2D eigenvalue weighted by Crippen LogP contribution is -2.15. The summed E-state index contributed by atoms with van der Waals surface area (Å²) in [5.74, 6) is 0.599. The van der Waals surface area contributed by atoms with Gasteiger partial charge in [-0.1, -0.05) is 0 Å². The Kier molecular flexibility index (Phi) is 5.03. The van der Waals surface area contributed by atoms with Crippen molar-refractivity contribution in [2.45, 2.75) is 6.61 Å². The fraction of sp³-hybridized carbons (Fsp3) is 0.200. The highest BCUT2D eigenvalue weighted by Crippen LogP contribution is 2.37. The van der Waals surface area contributed by atoms with Gasteiger partial charge in [0, 0.05) is 4.88 Å². The molecule has 3 heterocycles. The van der Waals surface area contributed by atoms with Gasteiger partial charge in [0.1, 0.15) is 23.7 Å². The molecule has 144 valence electrons. The maximum Gasteiger partial charge on any atom is 0.348 e. The predicted octanol–water partition coefficient (Wildman–Crippen LogP) is 3.92. The maximum atomic E-state index is 12.4. The smallest absolute Gasteiger partial charge is 0.348 e. The van der Waals surface area contributed by atoms with Gasteiger partial charge in [-0.15, -0.1) is 11.3 Å². The van der Waals surface area contributed by atoms with Gasteiger partial charge >= 0.3 is 11.9 Å². The van der Waals surface area contributed by atoms with Crippen LogP contribution in [0.3, 0.4) is 0 Å². The predicted molar refractivity (Wildman–Crippen MR) is 99.9 cm³/mol. The van der Waals surface area contributed by atoms with Gasteiger partial charge in [-0.2, -0.15) is 0 Å². The van der Waals surface area contributed by atoms with Crippen LogP contribution in [0.2, 0.25) is 0 Å². The summed E-state index contributed by atoms with van der Waals surface area (Å²) in [7, 11) is 1.27. The minimum atomic E-state index is -0.545. The van der Waals surface area contributed by atoms with E-state index in [1.165, 1.54) is 30.8 Å². The second-order valence-corrected chi connectivity index (χ2v) is 6.93. The standard InChI is InChI=1S/C20H16O7S/c1-23-19(21)13-6-7-24-16(13)11-27-20(22)18-5-4-17(28-18)12-2-3-14-15(10-12)26-9-8-25-14/h2-7,10H,8-9,11H2,1H3. The highest BCUT2D eigenvalue weighted by molar-refractivity contribution is 7.17. The van der Waals surface area contributed by atoms with Crippen LogP contribution in [0.15, 0.2) is 47.1 Å². The van der Waals surface area contributed by atoms with E-state index in [1.807, 2.05) is 24.3 Å². The van der Waals surface area contributed by atoms with Gasteiger partial charge in [0.25, 0.3) is 0 Å². The van der Waals surface area contributed by atoms with Gasteiger partial charge in [-0.3, -0.25) is 0 Å². The first-order valence-electron chi connectivity index (χ1n) is 8.47. The van der Waals surface area contributed by atoms with Gasteiger partial charge in [-0.25, -0.2) is 9.59 Å². The molecule has 1 aliphatic rings. The minimum absolute atomic E-state index is 0.159. The van der Waals surface area contributed by atoms with Gasteiger partial charge in [0.2, 0.25) is 0 Å². The third-order valence-corrected chi connectivity index (χ3v) is 5.23. The molecule has 1 aromatic carbocycles. The molecule has 0 saturated carbocycles. The fourth-order valence-corrected chi connectivity index (χ4v) is 3.64. The third kappa shape index (κ3) is 3.59. The Bertz CT molecular complexity index is 1020. The summed E-state index contributed by atoms with van der Waals surface area (Å²) >= 11 is 1.30. The first kappa shape index (κ1) is 18.1. The first-order chi connectivity index (χ1) is 13.7. The van der Waals surface area contributed by atoms with Crippen molar-refractivity contribution in [1.29, 1.82) is 0 Å². The topological polar surface area (TPSA) is 84.2 Å². The van der Waals surface area contributed by atoms with Crippen molar-refractivity contribution < 1.29 is 33.0 Å². The van der Waals surface area contributed by atoms with Crippen molar-refractivity contribution in [2.24, 2.45) is 0 Å². The monoisotopic (exact) mass is 400 g/mol. The van der Waals surface area contributed by atoms with Crippen molar-refractivity contribution in [1.82, 2.24) is 0 Å². The Balaban J connectivity index is 1.45. The second-order valence-electron chi connectivity index (χ2n) is 5.85. The van der Waals surface area contributed by atoms with Gasteiger partial charge in [0.15, 0.2) is 23.9 Å². The number of methoxy groups -OCH3 is 1. The van der Waals surface area contributed by atoms with E-state index in [0.29, 0.717) is 29.6 Å². The Morgan fingerprint density at radius 1 is 1.04 bits per heavy atom. The average molecular weight is 400 g/mol. The zero-order valence-electron chi connectivity index (χ0n) is 14.9. The number of carbonyl (C=O) groups is 2. The van der Waals surface area contributed by atoms with E-state index in [-0.39, 0.29) is 17.9 Å². The Hall–Kier alpha value is -3.26. The quantitative estimate of drug-likeness (QED) is 0.600. The number of ether oxygens (including phenoxy) is 4. The van der Waals surface area contributed by atoms with Crippen LogP contribution < -0.4 is 9.47 Å². The van der Waals surface area contributed by atoms with E-state index in [4.69, 9.17) is 18.6 Å². The number of benzene rings is 1. The van der Waals surface area contributed by atoms with Crippen molar-refractivity contribution in [3.8, 4) is 21.9 Å². The number of carbonyl (C=O) groups excluding carboxylic acids is 2. The van der Waals surface area contributed by atoms with Gasteiger partial charge in [0.05, 0.1) is 13.4 Å². The second kappa shape index (κ2) is 7.77. The first-order valence-corrected chi connectivity index (χ1v) is 9.29.